The predicted molar refractivity (Wildman–Crippen MR) is 22.0 cm³/mol. The molecule has 0 heterocycles. The number of unbranched alkanes of at least 4 members (excludes halogenated alkanes) is 1. The first-order valence-corrected chi connectivity index (χ1v) is 2.02. The van der Waals surface area contributed by atoms with Crippen molar-refractivity contribution in [3.8, 4) is 0 Å². The normalized spacial score (nSPS) is 7.00. The topological polar surface area (TPSA) is 20.2 Å². The van der Waals surface area contributed by atoms with E-state index in [0.29, 0.717) is 6.61 Å². The molecule has 0 aromatic carbocycles. The quantitative estimate of drug-likeness (QED) is 0.623. The largest absolute Gasteiger partial charge is 0.396 e. The van der Waals surface area contributed by atoms with E-state index < -0.39 is 0 Å². The molecule has 0 radical (unpaired) electrons. The van der Waals surface area contributed by atoms with Crippen molar-refractivity contribution in [2.75, 3.05) is 6.61 Å². The molecule has 0 aliphatic carbocycles. The van der Waals surface area contributed by atoms with Crippen LogP contribution in [0.1, 0.15) is 19.8 Å². The Labute approximate surface area is 52.4 Å². The van der Waals surface area contributed by atoms with Gasteiger partial charge in [-0.15, -0.1) is 0 Å². The van der Waals surface area contributed by atoms with Crippen molar-refractivity contribution < 1.29 is 25.5 Å². The summed E-state index contributed by atoms with van der Waals surface area (Å²) in [6, 6.07) is 0. The fourth-order valence-electron chi connectivity index (χ4n) is 0.158. The third kappa shape index (κ3) is 8.82. The molecule has 0 aliphatic rings. The molecule has 0 aromatic rings. The zero-order chi connectivity index (χ0) is 4.12. The molecule has 0 amide bonds. The Balaban J connectivity index is 0. The van der Waals surface area contributed by atoms with Gasteiger partial charge in [-0.25, -0.2) is 0 Å². The van der Waals surface area contributed by atoms with Crippen molar-refractivity contribution in [1.82, 2.24) is 0 Å². The van der Waals surface area contributed by atoms with Gasteiger partial charge < -0.3 is 5.11 Å². The van der Waals surface area contributed by atoms with Crippen molar-refractivity contribution in [2.24, 2.45) is 0 Å². The third-order valence-electron chi connectivity index (χ3n) is 0.512. The number of rotatable bonds is 2. The first-order valence-electron chi connectivity index (χ1n) is 2.02. The van der Waals surface area contributed by atoms with Gasteiger partial charge in [0.1, 0.15) is 0 Å². The monoisotopic (exact) mass is 180 g/mol. The molecule has 0 rings (SSSR count). The molecular formula is C4H10OPd. The molecular weight excluding hydrogens is 170 g/mol. The standard InChI is InChI=1S/C4H10O.Pd/c1-2-3-4-5;/h5H,2-4H2,1H3;. The average molecular weight is 181 g/mol. The van der Waals surface area contributed by atoms with Crippen LogP contribution in [0.5, 0.6) is 0 Å². The summed E-state index contributed by atoms with van der Waals surface area (Å²) in [6.07, 6.45) is 2.04. The minimum Gasteiger partial charge on any atom is -0.396 e. The summed E-state index contributed by atoms with van der Waals surface area (Å²) in [5.41, 5.74) is 0. The van der Waals surface area contributed by atoms with Gasteiger partial charge in [0.2, 0.25) is 0 Å². The zero-order valence-corrected chi connectivity index (χ0v) is 5.44. The molecule has 0 aromatic heterocycles. The van der Waals surface area contributed by atoms with E-state index in [1.54, 1.807) is 0 Å². The van der Waals surface area contributed by atoms with Gasteiger partial charge >= 0.3 is 0 Å². The smallest absolute Gasteiger partial charge is 0.0430 e. The van der Waals surface area contributed by atoms with E-state index in [2.05, 4.69) is 6.92 Å². The molecule has 0 saturated carbocycles. The van der Waals surface area contributed by atoms with E-state index in [-0.39, 0.29) is 20.4 Å². The van der Waals surface area contributed by atoms with Crippen LogP contribution in [0.4, 0.5) is 0 Å². The summed E-state index contributed by atoms with van der Waals surface area (Å²) in [6.45, 7) is 2.40. The van der Waals surface area contributed by atoms with Gasteiger partial charge in [0.05, 0.1) is 0 Å². The molecule has 42 valence electrons. The summed E-state index contributed by atoms with van der Waals surface area (Å²) in [7, 11) is 0. The van der Waals surface area contributed by atoms with Gasteiger partial charge in [-0.1, -0.05) is 13.3 Å². The predicted octanol–water partition coefficient (Wildman–Crippen LogP) is 0.776. The first kappa shape index (κ1) is 9.80. The van der Waals surface area contributed by atoms with Gasteiger partial charge in [-0.05, 0) is 6.42 Å². The second-order valence-electron chi connectivity index (χ2n) is 1.08. The van der Waals surface area contributed by atoms with Crippen LogP contribution < -0.4 is 0 Å². The fraction of sp³-hybridized carbons (Fsp3) is 1.00. The summed E-state index contributed by atoms with van der Waals surface area (Å²) in [5.74, 6) is 0. The van der Waals surface area contributed by atoms with Gasteiger partial charge in [-0.3, -0.25) is 0 Å². The van der Waals surface area contributed by atoms with Gasteiger partial charge in [-0.2, -0.15) is 0 Å². The minimum atomic E-state index is 0. The van der Waals surface area contributed by atoms with E-state index in [1.807, 2.05) is 0 Å². The molecule has 1 N–H and O–H groups in total. The molecule has 6 heavy (non-hydrogen) atoms. The Morgan fingerprint density at radius 3 is 2.00 bits per heavy atom. The van der Waals surface area contributed by atoms with Crippen LogP contribution in [0, 0.1) is 0 Å². The van der Waals surface area contributed by atoms with Crippen molar-refractivity contribution in [3.63, 3.8) is 0 Å². The maximum Gasteiger partial charge on any atom is 0.0430 e. The summed E-state index contributed by atoms with van der Waals surface area (Å²) < 4.78 is 0. The van der Waals surface area contributed by atoms with E-state index in [4.69, 9.17) is 5.11 Å². The van der Waals surface area contributed by atoms with Crippen LogP contribution in [-0.4, -0.2) is 11.7 Å². The van der Waals surface area contributed by atoms with Crippen LogP contribution in [0.25, 0.3) is 0 Å². The van der Waals surface area contributed by atoms with E-state index in [1.165, 1.54) is 0 Å². The van der Waals surface area contributed by atoms with Crippen molar-refractivity contribution in [1.29, 1.82) is 0 Å². The molecule has 0 saturated heterocycles. The van der Waals surface area contributed by atoms with Gasteiger partial charge in [0.25, 0.3) is 0 Å². The minimum absolute atomic E-state index is 0. The molecule has 0 fully saturated rings. The van der Waals surface area contributed by atoms with Crippen molar-refractivity contribution >= 4 is 0 Å². The van der Waals surface area contributed by atoms with Crippen LogP contribution in [-0.2, 0) is 20.4 Å². The third-order valence-corrected chi connectivity index (χ3v) is 0.512. The number of hydrogen-bond donors (Lipinski definition) is 1. The van der Waals surface area contributed by atoms with Crippen molar-refractivity contribution in [3.05, 3.63) is 0 Å². The summed E-state index contributed by atoms with van der Waals surface area (Å²) in [5, 5.41) is 8.07. The second kappa shape index (κ2) is 9.16. The Morgan fingerprint density at radius 1 is 1.50 bits per heavy atom. The van der Waals surface area contributed by atoms with Crippen LogP contribution in [0.2, 0.25) is 0 Å². The fourth-order valence-corrected chi connectivity index (χ4v) is 0.158. The SMILES string of the molecule is CCCCO.[Pd]. The molecule has 2 heteroatoms. The van der Waals surface area contributed by atoms with E-state index in [9.17, 15) is 0 Å². The maximum atomic E-state index is 8.07. The van der Waals surface area contributed by atoms with E-state index >= 15 is 0 Å². The molecule has 0 bridgehead atoms. The van der Waals surface area contributed by atoms with Crippen LogP contribution in [0.15, 0.2) is 0 Å². The summed E-state index contributed by atoms with van der Waals surface area (Å²) in [4.78, 5) is 0. The maximum absolute atomic E-state index is 8.07. The number of hydrogen-bond acceptors (Lipinski definition) is 1. The van der Waals surface area contributed by atoms with Crippen LogP contribution >= 0.6 is 0 Å². The van der Waals surface area contributed by atoms with E-state index in [0.717, 1.165) is 12.8 Å². The molecule has 0 atom stereocenters. The molecule has 1 nitrogen and oxygen atoms in total. The van der Waals surface area contributed by atoms with Gasteiger partial charge in [0.15, 0.2) is 0 Å². The molecule has 0 spiro atoms. The first-order chi connectivity index (χ1) is 2.41. The Hall–Kier alpha value is 0.622. The molecule has 0 aliphatic heterocycles. The van der Waals surface area contributed by atoms with Crippen LogP contribution in [0.3, 0.4) is 0 Å². The zero-order valence-electron chi connectivity index (χ0n) is 3.88. The second-order valence-corrected chi connectivity index (χ2v) is 1.08. The average Bonchev–Trinajstić information content (AvgIpc) is 1.41. The molecule has 0 unspecified atom stereocenters. The number of aliphatic hydroxyl groups excluding tert-OH is 1. The van der Waals surface area contributed by atoms with Crippen molar-refractivity contribution in [2.45, 2.75) is 19.8 Å². The van der Waals surface area contributed by atoms with Gasteiger partial charge in [0, 0.05) is 27.0 Å². The number of aliphatic hydroxyl groups is 1. The Bertz CT molecular complexity index is 15.0. The Kier molecular flexibility index (Phi) is 14.9. The summed E-state index contributed by atoms with van der Waals surface area (Å²) >= 11 is 0. The Morgan fingerprint density at radius 2 is 2.00 bits per heavy atom.